The van der Waals surface area contributed by atoms with Gasteiger partial charge in [0.2, 0.25) is 0 Å². The van der Waals surface area contributed by atoms with E-state index in [9.17, 15) is 5.11 Å². The zero-order chi connectivity index (χ0) is 11.0. The summed E-state index contributed by atoms with van der Waals surface area (Å²) in [7, 11) is -1.78. The fourth-order valence-electron chi connectivity index (χ4n) is 1.17. The molecule has 2 nitrogen and oxygen atoms in total. The molecule has 0 amide bonds. The molecule has 3 heteroatoms. The summed E-state index contributed by atoms with van der Waals surface area (Å²) in [5.74, 6) is 0.208. The third-order valence-corrected chi connectivity index (χ3v) is 5.36. The van der Waals surface area contributed by atoms with Crippen LogP contribution < -0.4 is 0 Å². The second-order valence-corrected chi connectivity index (χ2v) is 9.98. The molecule has 0 aromatic heterocycles. The summed E-state index contributed by atoms with van der Waals surface area (Å²) in [5.41, 5.74) is 0.773. The summed E-state index contributed by atoms with van der Waals surface area (Å²) in [6, 6.07) is 6.60. The zero-order valence-electron chi connectivity index (χ0n) is 8.91. The van der Waals surface area contributed by atoms with Crippen LogP contribution in [0.15, 0.2) is 24.3 Å². The minimum Gasteiger partial charge on any atom is -0.508 e. The zero-order valence-corrected chi connectivity index (χ0v) is 9.91. The number of hydrogen-bond donors (Lipinski definition) is 2. The summed E-state index contributed by atoms with van der Waals surface area (Å²) >= 11 is 0. The van der Waals surface area contributed by atoms with E-state index in [1.807, 2.05) is 0 Å². The van der Waals surface area contributed by atoms with Crippen molar-refractivity contribution in [1.29, 1.82) is 0 Å². The van der Waals surface area contributed by atoms with Gasteiger partial charge in [0.1, 0.15) is 5.75 Å². The van der Waals surface area contributed by atoms with Gasteiger partial charge >= 0.3 is 0 Å². The Morgan fingerprint density at radius 2 is 1.57 bits per heavy atom. The van der Waals surface area contributed by atoms with Gasteiger partial charge in [0.15, 0.2) is 0 Å². The summed E-state index contributed by atoms with van der Waals surface area (Å²) in [4.78, 5) is 0. The molecule has 0 heterocycles. The highest BCUT2D eigenvalue weighted by atomic mass is 28.3. The molecule has 0 aliphatic rings. The quantitative estimate of drug-likeness (QED) is 0.734. The Morgan fingerprint density at radius 1 is 1.14 bits per heavy atom. The molecule has 1 aromatic carbocycles. The first-order valence-corrected chi connectivity index (χ1v) is 8.12. The molecule has 0 saturated carbocycles. The monoisotopic (exact) mass is 209 g/mol. The van der Waals surface area contributed by atoms with Gasteiger partial charge in [-0.1, -0.05) is 31.8 Å². The average molecular weight is 209 g/mol. The van der Waals surface area contributed by atoms with Crippen molar-refractivity contribution >= 4 is 8.07 Å². The number of aromatic hydroxyl groups is 1. The lowest BCUT2D eigenvalue weighted by molar-refractivity contribution is 0.164. The smallest absolute Gasteiger partial charge is 0.115 e. The Bertz CT molecular complexity index is 309. The van der Waals surface area contributed by atoms with Gasteiger partial charge < -0.3 is 10.2 Å². The molecule has 1 rings (SSSR count). The van der Waals surface area contributed by atoms with Crippen LogP contribution >= 0.6 is 0 Å². The highest BCUT2D eigenvalue weighted by Crippen LogP contribution is 2.31. The van der Waals surface area contributed by atoms with E-state index in [4.69, 9.17) is 5.11 Å². The van der Waals surface area contributed by atoms with E-state index in [-0.39, 0.29) is 5.75 Å². The second-order valence-electron chi connectivity index (χ2n) is 4.66. The van der Waals surface area contributed by atoms with E-state index in [0.717, 1.165) is 5.56 Å². The van der Waals surface area contributed by atoms with Crippen LogP contribution in [0.5, 0.6) is 5.75 Å². The Labute approximate surface area is 86.2 Å². The fraction of sp³-hybridized carbons (Fsp3) is 0.364. The number of phenols is 1. The minimum absolute atomic E-state index is 0.208. The number of aliphatic hydroxyl groups is 1. The standard InChI is InChI=1S/C11H17O2Si/c1-11(13,14(2,3)4)9-5-7-10(12)8-6-9/h5-8,12-13H,1H2,2-4H3. The number of phenolic OH excluding ortho intramolecular Hbond substituents is 1. The van der Waals surface area contributed by atoms with Crippen molar-refractivity contribution in [3.63, 3.8) is 0 Å². The van der Waals surface area contributed by atoms with Gasteiger partial charge in [-0.05, 0) is 24.6 Å². The molecular formula is C11H17O2Si. The third-order valence-electron chi connectivity index (χ3n) is 2.59. The molecule has 0 saturated heterocycles. The Balaban J connectivity index is 3.10. The van der Waals surface area contributed by atoms with Crippen LogP contribution in [-0.2, 0) is 5.22 Å². The Hall–Kier alpha value is -0.803. The van der Waals surface area contributed by atoms with Gasteiger partial charge in [-0.2, -0.15) is 0 Å². The fourth-order valence-corrected chi connectivity index (χ4v) is 2.20. The SMILES string of the molecule is [CH2]C(O)(c1ccc(O)cc1)[Si](C)(C)C. The van der Waals surface area contributed by atoms with E-state index in [0.29, 0.717) is 0 Å². The topological polar surface area (TPSA) is 40.5 Å². The van der Waals surface area contributed by atoms with Crippen LogP contribution in [0.2, 0.25) is 19.6 Å². The molecule has 1 aromatic rings. The molecular weight excluding hydrogens is 192 g/mol. The van der Waals surface area contributed by atoms with Crippen LogP contribution in [0, 0.1) is 6.92 Å². The maximum absolute atomic E-state index is 10.3. The summed E-state index contributed by atoms with van der Waals surface area (Å²) in [6.07, 6.45) is 0. The van der Waals surface area contributed by atoms with Crippen LogP contribution in [0.25, 0.3) is 0 Å². The van der Waals surface area contributed by atoms with Crippen LogP contribution in [0.1, 0.15) is 5.56 Å². The molecule has 1 radical (unpaired) electrons. The van der Waals surface area contributed by atoms with Crippen molar-refractivity contribution in [2.24, 2.45) is 0 Å². The molecule has 0 fully saturated rings. The Morgan fingerprint density at radius 3 is 1.93 bits per heavy atom. The van der Waals surface area contributed by atoms with E-state index in [1.54, 1.807) is 24.3 Å². The maximum Gasteiger partial charge on any atom is 0.115 e. The molecule has 14 heavy (non-hydrogen) atoms. The summed E-state index contributed by atoms with van der Waals surface area (Å²) in [6.45, 7) is 10.1. The number of hydrogen-bond acceptors (Lipinski definition) is 2. The first-order chi connectivity index (χ1) is 6.25. The van der Waals surface area contributed by atoms with Crippen molar-refractivity contribution in [2.75, 3.05) is 0 Å². The molecule has 1 atom stereocenters. The van der Waals surface area contributed by atoms with Crippen molar-refractivity contribution in [1.82, 2.24) is 0 Å². The molecule has 0 aliphatic heterocycles. The van der Waals surface area contributed by atoms with E-state index < -0.39 is 13.3 Å². The third kappa shape index (κ3) is 1.99. The van der Waals surface area contributed by atoms with Gasteiger partial charge in [-0.3, -0.25) is 0 Å². The Kier molecular flexibility index (Phi) is 2.74. The predicted octanol–water partition coefficient (Wildman–Crippen LogP) is 2.29. The van der Waals surface area contributed by atoms with Gasteiger partial charge in [0, 0.05) is 0 Å². The number of rotatable bonds is 2. The molecule has 0 spiro atoms. The van der Waals surface area contributed by atoms with Gasteiger partial charge in [0.25, 0.3) is 0 Å². The maximum atomic E-state index is 10.3. The molecule has 0 aliphatic carbocycles. The summed E-state index contributed by atoms with van der Waals surface area (Å²) in [5, 5.41) is 18.4. The molecule has 77 valence electrons. The lowest BCUT2D eigenvalue weighted by atomic mass is 10.1. The van der Waals surface area contributed by atoms with Crippen molar-refractivity contribution in [2.45, 2.75) is 24.9 Å². The largest absolute Gasteiger partial charge is 0.508 e. The first kappa shape index (κ1) is 11.3. The highest BCUT2D eigenvalue weighted by molar-refractivity contribution is 6.78. The highest BCUT2D eigenvalue weighted by Gasteiger charge is 2.38. The van der Waals surface area contributed by atoms with Gasteiger partial charge in [-0.25, -0.2) is 0 Å². The molecule has 1 unspecified atom stereocenters. The second kappa shape index (κ2) is 3.40. The lowest BCUT2D eigenvalue weighted by Gasteiger charge is -2.35. The minimum atomic E-state index is -1.78. The van der Waals surface area contributed by atoms with Crippen molar-refractivity contribution < 1.29 is 10.2 Å². The predicted molar refractivity (Wildman–Crippen MR) is 60.7 cm³/mol. The number of benzene rings is 1. The van der Waals surface area contributed by atoms with Crippen molar-refractivity contribution in [3.8, 4) is 5.75 Å². The van der Waals surface area contributed by atoms with Crippen molar-refractivity contribution in [3.05, 3.63) is 36.8 Å². The van der Waals surface area contributed by atoms with E-state index in [2.05, 4.69) is 26.6 Å². The average Bonchev–Trinajstić information content (AvgIpc) is 2.03. The van der Waals surface area contributed by atoms with E-state index in [1.165, 1.54) is 0 Å². The lowest BCUT2D eigenvalue weighted by Crippen LogP contribution is -2.47. The van der Waals surface area contributed by atoms with Gasteiger partial charge in [-0.15, -0.1) is 0 Å². The first-order valence-electron chi connectivity index (χ1n) is 4.62. The van der Waals surface area contributed by atoms with E-state index >= 15 is 0 Å². The normalized spacial score (nSPS) is 16.4. The van der Waals surface area contributed by atoms with Crippen LogP contribution in [0.4, 0.5) is 0 Å². The van der Waals surface area contributed by atoms with Crippen LogP contribution in [0.3, 0.4) is 0 Å². The van der Waals surface area contributed by atoms with Gasteiger partial charge in [0.05, 0.1) is 13.3 Å². The molecule has 2 N–H and O–H groups in total. The van der Waals surface area contributed by atoms with Crippen LogP contribution in [-0.4, -0.2) is 18.3 Å². The molecule has 0 bridgehead atoms. The summed E-state index contributed by atoms with van der Waals surface area (Å²) < 4.78 is 0.